The molecule has 9 nitrogen and oxygen atoms in total. The van der Waals surface area contributed by atoms with Crippen molar-refractivity contribution in [1.29, 1.82) is 0 Å². The van der Waals surface area contributed by atoms with E-state index in [2.05, 4.69) is 10.3 Å². The van der Waals surface area contributed by atoms with Gasteiger partial charge >= 0.3 is 5.97 Å². The summed E-state index contributed by atoms with van der Waals surface area (Å²) < 4.78 is 8.56. The zero-order valence-corrected chi connectivity index (χ0v) is 17.6. The number of esters is 1. The highest BCUT2D eigenvalue weighted by Gasteiger charge is 2.32. The molecule has 4 rings (SSSR count). The first-order chi connectivity index (χ1) is 15.5. The molecule has 4 aromatic rings. The van der Waals surface area contributed by atoms with Gasteiger partial charge in [-0.1, -0.05) is 65.9 Å². The minimum atomic E-state index is -0.813. The molecule has 0 spiro atoms. The Bertz CT molecular complexity index is 1290. The fourth-order valence-corrected chi connectivity index (χ4v) is 3.76. The third-order valence-electron chi connectivity index (χ3n) is 5.09. The Morgan fingerprint density at radius 2 is 1.53 bits per heavy atom. The van der Waals surface area contributed by atoms with Crippen LogP contribution in [0.3, 0.4) is 0 Å². The van der Waals surface area contributed by atoms with Gasteiger partial charge in [0.15, 0.2) is 11.5 Å². The second kappa shape index (κ2) is 8.38. The van der Waals surface area contributed by atoms with Crippen LogP contribution in [0, 0.1) is 0 Å². The quantitative estimate of drug-likeness (QED) is 0.452. The summed E-state index contributed by atoms with van der Waals surface area (Å²) in [5.74, 6) is -1.42. The number of anilines is 1. The van der Waals surface area contributed by atoms with Crippen molar-refractivity contribution in [1.82, 2.24) is 19.6 Å². The summed E-state index contributed by atoms with van der Waals surface area (Å²) in [5.41, 5.74) is 14.9. The Hall–Kier alpha value is -4.40. The zero-order valence-electron chi connectivity index (χ0n) is 17.6. The first kappa shape index (κ1) is 20.9. The van der Waals surface area contributed by atoms with Crippen LogP contribution >= 0.6 is 0 Å². The molecule has 0 fully saturated rings. The van der Waals surface area contributed by atoms with Crippen molar-refractivity contribution in [2.24, 2.45) is 12.8 Å². The molecular weight excluding hydrogens is 408 g/mol. The number of carbonyl (C=O) groups excluding carboxylic acids is 2. The van der Waals surface area contributed by atoms with Crippen LogP contribution < -0.4 is 11.5 Å². The molecule has 0 aliphatic carbocycles. The molecule has 1 amide bonds. The van der Waals surface area contributed by atoms with Gasteiger partial charge in [-0.25, -0.2) is 4.79 Å². The van der Waals surface area contributed by atoms with Crippen molar-refractivity contribution >= 4 is 17.7 Å². The maximum atomic E-state index is 13.3. The maximum Gasteiger partial charge on any atom is 0.342 e. The first-order valence-electron chi connectivity index (χ1n) is 9.97. The lowest BCUT2D eigenvalue weighted by Crippen LogP contribution is -2.15. The van der Waals surface area contributed by atoms with Gasteiger partial charge < -0.3 is 20.8 Å². The van der Waals surface area contributed by atoms with E-state index in [1.165, 1.54) is 4.68 Å². The molecule has 0 bridgehead atoms. The average molecular weight is 430 g/mol. The van der Waals surface area contributed by atoms with Crippen molar-refractivity contribution in [2.75, 3.05) is 12.3 Å². The van der Waals surface area contributed by atoms with Crippen LogP contribution in [0.5, 0.6) is 0 Å². The van der Waals surface area contributed by atoms with E-state index in [9.17, 15) is 9.59 Å². The molecule has 162 valence electrons. The summed E-state index contributed by atoms with van der Waals surface area (Å²) in [7, 11) is 1.85. The zero-order chi connectivity index (χ0) is 22.8. The molecule has 0 radical (unpaired) electrons. The fourth-order valence-electron chi connectivity index (χ4n) is 3.76. The van der Waals surface area contributed by atoms with E-state index >= 15 is 0 Å². The fraction of sp³-hybridized carbons (Fsp3) is 0.130. The lowest BCUT2D eigenvalue weighted by Gasteiger charge is -2.10. The Morgan fingerprint density at radius 3 is 2.03 bits per heavy atom. The average Bonchev–Trinajstić information content (AvgIpc) is 3.32. The number of ether oxygens (including phenoxy) is 1. The van der Waals surface area contributed by atoms with E-state index in [0.717, 1.165) is 11.1 Å². The Kier molecular flexibility index (Phi) is 5.46. The van der Waals surface area contributed by atoms with Crippen molar-refractivity contribution in [2.45, 2.75) is 6.92 Å². The van der Waals surface area contributed by atoms with Gasteiger partial charge in [-0.15, -0.1) is 5.10 Å². The maximum absolute atomic E-state index is 13.3. The Labute approximate surface area is 184 Å². The third-order valence-corrected chi connectivity index (χ3v) is 5.09. The lowest BCUT2D eigenvalue weighted by atomic mass is 10.1. The topological polar surface area (TPSA) is 131 Å². The standard InChI is InChI=1S/C23H22N6O3/c1-3-32-23(31)16-18(14-10-6-4-7-11-14)28(2)19(15-12-8-5-9-13-15)20(16)29-21(24)17(22(25)30)26-27-29/h4-13H,3,24H2,1-2H3,(H2,25,30). The predicted octanol–water partition coefficient (Wildman–Crippen LogP) is 2.80. The van der Waals surface area contributed by atoms with Crippen LogP contribution in [0.2, 0.25) is 0 Å². The normalized spacial score (nSPS) is 10.8. The highest BCUT2D eigenvalue weighted by atomic mass is 16.5. The summed E-state index contributed by atoms with van der Waals surface area (Å²) in [6, 6.07) is 18.9. The van der Waals surface area contributed by atoms with Gasteiger partial charge in [0, 0.05) is 12.6 Å². The van der Waals surface area contributed by atoms with Crippen molar-refractivity contribution in [3.8, 4) is 28.2 Å². The highest BCUT2D eigenvalue weighted by Crippen LogP contribution is 2.40. The molecular formula is C23H22N6O3. The Balaban J connectivity index is 2.15. The number of amides is 1. The molecule has 2 aromatic heterocycles. The second-order valence-electron chi connectivity index (χ2n) is 7.03. The van der Waals surface area contributed by atoms with E-state index in [1.807, 2.05) is 72.3 Å². The van der Waals surface area contributed by atoms with Crippen LogP contribution in [0.25, 0.3) is 28.2 Å². The number of carbonyl (C=O) groups is 2. The molecule has 4 N–H and O–H groups in total. The smallest absolute Gasteiger partial charge is 0.342 e. The number of hydrogen-bond acceptors (Lipinski definition) is 6. The summed E-state index contributed by atoms with van der Waals surface area (Å²) in [4.78, 5) is 25.0. The minimum Gasteiger partial charge on any atom is -0.462 e. The number of nitrogen functional groups attached to an aromatic ring is 1. The van der Waals surface area contributed by atoms with Gasteiger partial charge in [-0.05, 0) is 12.5 Å². The number of benzene rings is 2. The van der Waals surface area contributed by atoms with E-state index in [4.69, 9.17) is 16.2 Å². The monoisotopic (exact) mass is 430 g/mol. The number of nitrogens with two attached hydrogens (primary N) is 2. The van der Waals surface area contributed by atoms with Gasteiger partial charge in [-0.2, -0.15) is 4.68 Å². The van der Waals surface area contributed by atoms with Gasteiger partial charge in [0.05, 0.1) is 18.0 Å². The lowest BCUT2D eigenvalue weighted by molar-refractivity contribution is 0.0527. The van der Waals surface area contributed by atoms with E-state index in [0.29, 0.717) is 17.1 Å². The number of aromatic nitrogens is 4. The molecule has 2 heterocycles. The summed E-state index contributed by atoms with van der Waals surface area (Å²) in [5, 5.41) is 7.90. The largest absolute Gasteiger partial charge is 0.462 e. The third kappa shape index (κ3) is 3.39. The molecule has 9 heteroatoms. The van der Waals surface area contributed by atoms with Crippen molar-refractivity contribution in [3.05, 3.63) is 71.9 Å². The predicted molar refractivity (Wildman–Crippen MR) is 120 cm³/mol. The molecule has 0 atom stereocenters. The number of nitrogens with zero attached hydrogens (tertiary/aromatic N) is 4. The molecule has 0 unspecified atom stereocenters. The molecule has 32 heavy (non-hydrogen) atoms. The number of hydrogen-bond donors (Lipinski definition) is 2. The van der Waals surface area contributed by atoms with Crippen LogP contribution in [-0.4, -0.2) is 38.0 Å². The number of primary amides is 1. The Morgan fingerprint density at radius 1 is 0.969 bits per heavy atom. The van der Waals surface area contributed by atoms with Gasteiger partial charge in [0.1, 0.15) is 11.3 Å². The van der Waals surface area contributed by atoms with Gasteiger partial charge in [0.25, 0.3) is 5.91 Å². The molecule has 0 aliphatic rings. The molecule has 2 aromatic carbocycles. The van der Waals surface area contributed by atoms with Crippen LogP contribution in [0.1, 0.15) is 27.8 Å². The van der Waals surface area contributed by atoms with Crippen molar-refractivity contribution in [3.63, 3.8) is 0 Å². The van der Waals surface area contributed by atoms with E-state index in [1.54, 1.807) is 6.92 Å². The van der Waals surface area contributed by atoms with Crippen LogP contribution in [-0.2, 0) is 11.8 Å². The molecule has 0 aliphatic heterocycles. The van der Waals surface area contributed by atoms with E-state index in [-0.39, 0.29) is 23.7 Å². The van der Waals surface area contributed by atoms with Crippen LogP contribution in [0.4, 0.5) is 5.82 Å². The summed E-state index contributed by atoms with van der Waals surface area (Å²) in [6.45, 7) is 1.91. The molecule has 0 saturated heterocycles. The highest BCUT2D eigenvalue weighted by molar-refractivity contribution is 6.05. The second-order valence-corrected chi connectivity index (χ2v) is 7.03. The van der Waals surface area contributed by atoms with Gasteiger partial charge in [0.2, 0.25) is 0 Å². The SMILES string of the molecule is CCOC(=O)c1c(-n2nnc(C(N)=O)c2N)c(-c2ccccc2)n(C)c1-c1ccccc1. The van der Waals surface area contributed by atoms with E-state index < -0.39 is 11.9 Å². The number of rotatable bonds is 6. The van der Waals surface area contributed by atoms with Crippen LogP contribution in [0.15, 0.2) is 60.7 Å². The molecule has 0 saturated carbocycles. The summed E-state index contributed by atoms with van der Waals surface area (Å²) >= 11 is 0. The minimum absolute atomic E-state index is 0.0644. The van der Waals surface area contributed by atoms with Crippen molar-refractivity contribution < 1.29 is 14.3 Å². The first-order valence-corrected chi connectivity index (χ1v) is 9.97. The summed E-state index contributed by atoms with van der Waals surface area (Å²) in [6.07, 6.45) is 0. The van der Waals surface area contributed by atoms with Gasteiger partial charge in [-0.3, -0.25) is 4.79 Å².